The molecule has 1 aromatic heterocycles. The van der Waals surface area contributed by atoms with Crippen molar-refractivity contribution in [1.82, 2.24) is 4.98 Å². The summed E-state index contributed by atoms with van der Waals surface area (Å²) in [5.41, 5.74) is -0.0342. The quantitative estimate of drug-likeness (QED) is 0.546. The van der Waals surface area contributed by atoms with Crippen molar-refractivity contribution in [2.75, 3.05) is 51.2 Å². The molecule has 0 aliphatic carbocycles. The summed E-state index contributed by atoms with van der Waals surface area (Å²) in [4.78, 5) is 17.0. The average Bonchev–Trinajstić information content (AvgIpc) is 2.47. The van der Waals surface area contributed by atoms with E-state index in [1.54, 1.807) is 27.3 Å². The highest BCUT2D eigenvalue weighted by Crippen LogP contribution is 2.29. The number of hydrogen-bond donors (Lipinski definition) is 1. The standard InChI is InChI=1S/C13H22N4O4/c1-10(9-21-4)16(7-8-20-3)13-11(17(18)19)5-6-12(14-2)15-13/h5-6,10H,7-9H2,1-4H3,(H,14,15). The molecule has 1 heterocycles. The summed E-state index contributed by atoms with van der Waals surface area (Å²) in [5.74, 6) is 0.885. The van der Waals surface area contributed by atoms with Crippen molar-refractivity contribution >= 4 is 17.3 Å². The van der Waals surface area contributed by atoms with Gasteiger partial charge in [-0.1, -0.05) is 0 Å². The number of aromatic nitrogens is 1. The lowest BCUT2D eigenvalue weighted by Gasteiger charge is -2.29. The van der Waals surface area contributed by atoms with Crippen LogP contribution in [0.15, 0.2) is 12.1 Å². The van der Waals surface area contributed by atoms with E-state index in [1.165, 1.54) is 6.07 Å². The fourth-order valence-electron chi connectivity index (χ4n) is 1.99. The van der Waals surface area contributed by atoms with Gasteiger partial charge in [-0.3, -0.25) is 10.1 Å². The Balaban J connectivity index is 3.22. The minimum Gasteiger partial charge on any atom is -0.383 e. The van der Waals surface area contributed by atoms with Crippen LogP contribution in [0.5, 0.6) is 0 Å². The van der Waals surface area contributed by atoms with Crippen LogP contribution < -0.4 is 10.2 Å². The molecule has 0 spiro atoms. The van der Waals surface area contributed by atoms with Gasteiger partial charge in [-0.15, -0.1) is 0 Å². The summed E-state index contributed by atoms with van der Waals surface area (Å²) in [6, 6.07) is 2.97. The van der Waals surface area contributed by atoms with Gasteiger partial charge in [0.1, 0.15) is 5.82 Å². The summed E-state index contributed by atoms with van der Waals surface area (Å²) >= 11 is 0. The Morgan fingerprint density at radius 1 is 1.43 bits per heavy atom. The maximum absolute atomic E-state index is 11.2. The van der Waals surface area contributed by atoms with Crippen molar-refractivity contribution in [2.24, 2.45) is 0 Å². The number of anilines is 2. The Kier molecular flexibility index (Phi) is 6.83. The second kappa shape index (κ2) is 8.38. The van der Waals surface area contributed by atoms with Gasteiger partial charge in [0, 0.05) is 33.9 Å². The molecule has 21 heavy (non-hydrogen) atoms. The zero-order valence-corrected chi connectivity index (χ0v) is 12.8. The van der Waals surface area contributed by atoms with Crippen LogP contribution in [0.25, 0.3) is 0 Å². The number of nitrogens with one attached hydrogen (secondary N) is 1. The molecule has 0 saturated heterocycles. The third kappa shape index (κ3) is 4.54. The molecule has 0 aliphatic heterocycles. The number of ether oxygens (including phenoxy) is 2. The minimum absolute atomic E-state index is 0.0342. The molecule has 1 N–H and O–H groups in total. The third-order valence-electron chi connectivity index (χ3n) is 3.06. The van der Waals surface area contributed by atoms with Gasteiger partial charge in [-0.25, -0.2) is 4.98 Å². The number of pyridine rings is 1. The number of nitrogens with zero attached hydrogens (tertiary/aromatic N) is 3. The molecule has 0 saturated carbocycles. The molecule has 8 heteroatoms. The summed E-state index contributed by atoms with van der Waals surface area (Å²) in [5, 5.41) is 14.1. The third-order valence-corrected chi connectivity index (χ3v) is 3.06. The van der Waals surface area contributed by atoms with E-state index in [2.05, 4.69) is 10.3 Å². The van der Waals surface area contributed by atoms with E-state index in [9.17, 15) is 10.1 Å². The molecule has 0 bridgehead atoms. The molecule has 0 aliphatic rings. The molecule has 0 fully saturated rings. The largest absolute Gasteiger partial charge is 0.383 e. The minimum atomic E-state index is -0.429. The Morgan fingerprint density at radius 2 is 2.14 bits per heavy atom. The van der Waals surface area contributed by atoms with Gasteiger partial charge in [-0.05, 0) is 13.0 Å². The van der Waals surface area contributed by atoms with Crippen LogP contribution in [-0.4, -0.2) is 57.0 Å². The number of nitro groups is 1. The van der Waals surface area contributed by atoms with E-state index in [1.807, 2.05) is 11.8 Å². The van der Waals surface area contributed by atoms with Crippen LogP contribution >= 0.6 is 0 Å². The SMILES string of the molecule is CNc1ccc([N+](=O)[O-])c(N(CCOC)C(C)COC)n1. The molecule has 1 aromatic rings. The maximum Gasteiger partial charge on any atom is 0.311 e. The Bertz CT molecular complexity index is 469. The van der Waals surface area contributed by atoms with Crippen LogP contribution in [0.1, 0.15) is 6.92 Å². The van der Waals surface area contributed by atoms with Gasteiger partial charge in [0.2, 0.25) is 5.82 Å². The van der Waals surface area contributed by atoms with E-state index >= 15 is 0 Å². The Labute approximate surface area is 124 Å². The fraction of sp³-hybridized carbons (Fsp3) is 0.615. The number of rotatable bonds is 9. The second-order valence-electron chi connectivity index (χ2n) is 4.54. The highest BCUT2D eigenvalue weighted by Gasteiger charge is 2.25. The van der Waals surface area contributed by atoms with E-state index in [0.717, 1.165) is 0 Å². The van der Waals surface area contributed by atoms with E-state index in [-0.39, 0.29) is 11.7 Å². The van der Waals surface area contributed by atoms with Crippen LogP contribution in [0.3, 0.4) is 0 Å². The van der Waals surface area contributed by atoms with Gasteiger partial charge >= 0.3 is 5.69 Å². The van der Waals surface area contributed by atoms with Crippen LogP contribution in [-0.2, 0) is 9.47 Å². The molecule has 118 valence electrons. The van der Waals surface area contributed by atoms with Crippen molar-refractivity contribution in [3.8, 4) is 0 Å². The topological polar surface area (TPSA) is 89.8 Å². The van der Waals surface area contributed by atoms with Gasteiger partial charge in [-0.2, -0.15) is 0 Å². The van der Waals surface area contributed by atoms with E-state index in [0.29, 0.717) is 31.4 Å². The fourth-order valence-corrected chi connectivity index (χ4v) is 1.99. The second-order valence-corrected chi connectivity index (χ2v) is 4.54. The molecule has 0 amide bonds. The summed E-state index contributed by atoms with van der Waals surface area (Å²) in [7, 11) is 4.90. The lowest BCUT2D eigenvalue weighted by molar-refractivity contribution is -0.384. The van der Waals surface area contributed by atoms with E-state index in [4.69, 9.17) is 9.47 Å². The first-order chi connectivity index (χ1) is 10.0. The predicted molar refractivity (Wildman–Crippen MR) is 81.0 cm³/mol. The molecular weight excluding hydrogens is 276 g/mol. The first-order valence-electron chi connectivity index (χ1n) is 6.62. The lowest BCUT2D eigenvalue weighted by Crippen LogP contribution is -2.39. The summed E-state index contributed by atoms with van der Waals surface area (Å²) in [6.07, 6.45) is 0. The number of hydrogen-bond acceptors (Lipinski definition) is 7. The molecule has 0 radical (unpaired) electrons. The molecule has 1 unspecified atom stereocenters. The zero-order valence-electron chi connectivity index (χ0n) is 12.8. The molecule has 8 nitrogen and oxygen atoms in total. The van der Waals surface area contributed by atoms with Crippen molar-refractivity contribution < 1.29 is 14.4 Å². The van der Waals surface area contributed by atoms with Gasteiger partial charge in [0.05, 0.1) is 24.2 Å². The lowest BCUT2D eigenvalue weighted by atomic mass is 10.2. The first-order valence-corrected chi connectivity index (χ1v) is 6.62. The average molecular weight is 298 g/mol. The monoisotopic (exact) mass is 298 g/mol. The molecule has 0 aromatic carbocycles. The smallest absolute Gasteiger partial charge is 0.311 e. The van der Waals surface area contributed by atoms with Crippen molar-refractivity contribution in [3.05, 3.63) is 22.2 Å². The van der Waals surface area contributed by atoms with Crippen molar-refractivity contribution in [2.45, 2.75) is 13.0 Å². The van der Waals surface area contributed by atoms with Crippen molar-refractivity contribution in [1.29, 1.82) is 0 Å². The maximum atomic E-state index is 11.2. The van der Waals surface area contributed by atoms with Crippen LogP contribution in [0.4, 0.5) is 17.3 Å². The highest BCUT2D eigenvalue weighted by atomic mass is 16.6. The molecule has 1 rings (SSSR count). The number of methoxy groups -OCH3 is 2. The Morgan fingerprint density at radius 3 is 2.67 bits per heavy atom. The van der Waals surface area contributed by atoms with Crippen molar-refractivity contribution in [3.63, 3.8) is 0 Å². The van der Waals surface area contributed by atoms with Gasteiger partial charge < -0.3 is 19.7 Å². The predicted octanol–water partition coefficient (Wildman–Crippen LogP) is 1.52. The first kappa shape index (κ1) is 17.1. The van der Waals surface area contributed by atoms with Crippen LogP contribution in [0.2, 0.25) is 0 Å². The summed E-state index contributed by atoms with van der Waals surface area (Å²) in [6.45, 7) is 3.29. The van der Waals surface area contributed by atoms with Crippen LogP contribution in [0, 0.1) is 10.1 Å². The molecule has 1 atom stereocenters. The van der Waals surface area contributed by atoms with Gasteiger partial charge in [0.15, 0.2) is 0 Å². The highest BCUT2D eigenvalue weighted by molar-refractivity contribution is 5.62. The zero-order chi connectivity index (χ0) is 15.8. The summed E-state index contributed by atoms with van der Waals surface area (Å²) < 4.78 is 10.2. The van der Waals surface area contributed by atoms with Gasteiger partial charge in [0.25, 0.3) is 0 Å². The normalized spacial score (nSPS) is 12.0. The Hall–Kier alpha value is -1.93. The van der Waals surface area contributed by atoms with E-state index < -0.39 is 4.92 Å². The molecular formula is C13H22N4O4.